The summed E-state index contributed by atoms with van der Waals surface area (Å²) in [6.07, 6.45) is -0.386. The Morgan fingerprint density at radius 2 is 1.77 bits per heavy atom. The van der Waals surface area contributed by atoms with Crippen molar-refractivity contribution >= 4 is 11.8 Å². The Balaban J connectivity index is 2.45. The van der Waals surface area contributed by atoms with Crippen LogP contribution in [0.4, 0.5) is 10.5 Å². The molecule has 0 bridgehead atoms. The number of nitrogens with one attached hydrogen (secondary N) is 2. The fraction of sp³-hybridized carbons (Fsp3) is 0.588. The van der Waals surface area contributed by atoms with Gasteiger partial charge in [0.15, 0.2) is 0 Å². The quantitative estimate of drug-likeness (QED) is 0.702. The van der Waals surface area contributed by atoms with Gasteiger partial charge >= 0.3 is 6.09 Å². The molecule has 5 nitrogen and oxygen atoms in total. The molecule has 1 rings (SSSR count). The van der Waals surface area contributed by atoms with Gasteiger partial charge in [0.1, 0.15) is 11.4 Å². The zero-order chi connectivity index (χ0) is 16.8. The lowest BCUT2D eigenvalue weighted by Gasteiger charge is -2.24. The molecule has 0 heterocycles. The molecule has 1 aromatic carbocycles. The van der Waals surface area contributed by atoms with Crippen LogP contribution in [0, 0.1) is 11.8 Å². The minimum atomic E-state index is -0.484. The second-order valence-corrected chi connectivity index (χ2v) is 6.81. The highest BCUT2D eigenvalue weighted by Crippen LogP contribution is 2.16. The Morgan fingerprint density at radius 3 is 2.27 bits per heavy atom. The van der Waals surface area contributed by atoms with E-state index in [1.807, 2.05) is 32.9 Å². The highest BCUT2D eigenvalue weighted by atomic mass is 16.6. The van der Waals surface area contributed by atoms with Crippen LogP contribution in [-0.2, 0) is 4.74 Å². The number of amides is 1. The van der Waals surface area contributed by atoms with Crippen LogP contribution in [-0.4, -0.2) is 29.9 Å². The van der Waals surface area contributed by atoms with Gasteiger partial charge < -0.3 is 20.5 Å². The Bertz CT molecular complexity index is 464. The number of carbonyl (C=O) groups is 1. The highest BCUT2D eigenvalue weighted by Gasteiger charge is 2.19. The average Bonchev–Trinajstić information content (AvgIpc) is 2.38. The molecule has 22 heavy (non-hydrogen) atoms. The fourth-order valence-corrected chi connectivity index (χ4v) is 1.90. The summed E-state index contributed by atoms with van der Waals surface area (Å²) in [6, 6.07) is 6.94. The molecule has 1 amide bonds. The van der Waals surface area contributed by atoms with E-state index in [1.165, 1.54) is 0 Å². The molecule has 0 spiro atoms. The second-order valence-electron chi connectivity index (χ2n) is 6.81. The van der Waals surface area contributed by atoms with Crippen molar-refractivity contribution in [3.05, 3.63) is 24.3 Å². The summed E-state index contributed by atoms with van der Waals surface area (Å²) in [5.74, 6) is 0.943. The van der Waals surface area contributed by atoms with Gasteiger partial charge in [-0.25, -0.2) is 4.79 Å². The normalized spacial score (nSPS) is 12.8. The molecule has 0 aliphatic rings. The van der Waals surface area contributed by atoms with Crippen molar-refractivity contribution < 1.29 is 14.6 Å². The van der Waals surface area contributed by atoms with Gasteiger partial charge in [0.25, 0.3) is 0 Å². The van der Waals surface area contributed by atoms with E-state index < -0.39 is 5.60 Å². The minimum absolute atomic E-state index is 0.248. The van der Waals surface area contributed by atoms with Gasteiger partial charge in [0.05, 0.1) is 0 Å². The number of phenolic OH excluding ortho intramolecular Hbond substituents is 1. The fourth-order valence-electron chi connectivity index (χ4n) is 1.90. The van der Waals surface area contributed by atoms with Crippen LogP contribution >= 0.6 is 0 Å². The van der Waals surface area contributed by atoms with Crippen molar-refractivity contribution in [2.45, 2.75) is 40.2 Å². The minimum Gasteiger partial charge on any atom is -0.508 e. The molecule has 1 unspecified atom stereocenters. The number of carbonyl (C=O) groups excluding carboxylic acids is 1. The van der Waals surface area contributed by atoms with Gasteiger partial charge in [-0.3, -0.25) is 0 Å². The third-order valence-electron chi connectivity index (χ3n) is 3.29. The molecule has 5 heteroatoms. The van der Waals surface area contributed by atoms with Crippen molar-refractivity contribution in [3.63, 3.8) is 0 Å². The van der Waals surface area contributed by atoms with E-state index in [0.29, 0.717) is 12.5 Å². The van der Waals surface area contributed by atoms with Gasteiger partial charge in [0, 0.05) is 18.8 Å². The molecule has 0 saturated carbocycles. The second kappa shape index (κ2) is 7.92. The number of alkyl carbamates (subject to hydrolysis) is 1. The Labute approximate surface area is 133 Å². The topological polar surface area (TPSA) is 70.6 Å². The summed E-state index contributed by atoms with van der Waals surface area (Å²) >= 11 is 0. The van der Waals surface area contributed by atoms with E-state index in [-0.39, 0.29) is 17.8 Å². The Morgan fingerprint density at radius 1 is 1.18 bits per heavy atom. The number of hydrogen-bond donors (Lipinski definition) is 3. The van der Waals surface area contributed by atoms with Gasteiger partial charge in [-0.2, -0.15) is 0 Å². The monoisotopic (exact) mass is 308 g/mol. The molecule has 0 aliphatic carbocycles. The lowest BCUT2D eigenvalue weighted by molar-refractivity contribution is 0.0516. The summed E-state index contributed by atoms with van der Waals surface area (Å²) in [7, 11) is 0. The van der Waals surface area contributed by atoms with Crippen molar-refractivity contribution in [3.8, 4) is 5.75 Å². The summed E-state index contributed by atoms with van der Waals surface area (Å²) in [5, 5.41) is 15.4. The molecule has 1 atom stereocenters. The van der Waals surface area contributed by atoms with E-state index in [4.69, 9.17) is 4.74 Å². The first-order valence-electron chi connectivity index (χ1n) is 7.67. The maximum absolute atomic E-state index is 11.7. The third kappa shape index (κ3) is 7.20. The van der Waals surface area contributed by atoms with E-state index in [0.717, 1.165) is 12.2 Å². The molecule has 0 aliphatic heterocycles. The molecule has 0 aromatic heterocycles. The summed E-state index contributed by atoms with van der Waals surface area (Å²) < 4.78 is 5.25. The van der Waals surface area contributed by atoms with Crippen LogP contribution in [0.3, 0.4) is 0 Å². The number of ether oxygens (including phenoxy) is 1. The molecule has 0 fully saturated rings. The number of phenols is 1. The number of rotatable bonds is 6. The largest absolute Gasteiger partial charge is 0.508 e. The summed E-state index contributed by atoms with van der Waals surface area (Å²) in [4.78, 5) is 11.7. The predicted octanol–water partition coefficient (Wildman–Crippen LogP) is 3.60. The van der Waals surface area contributed by atoms with E-state index >= 15 is 0 Å². The maximum Gasteiger partial charge on any atom is 0.407 e. The zero-order valence-corrected chi connectivity index (χ0v) is 14.1. The van der Waals surface area contributed by atoms with Crippen LogP contribution in [0.2, 0.25) is 0 Å². The maximum atomic E-state index is 11.7. The lowest BCUT2D eigenvalue weighted by Crippen LogP contribution is -2.38. The lowest BCUT2D eigenvalue weighted by atomic mass is 9.95. The Kier molecular flexibility index (Phi) is 6.53. The molecular formula is C17H28N2O3. The third-order valence-corrected chi connectivity index (χ3v) is 3.29. The Hall–Kier alpha value is -1.91. The van der Waals surface area contributed by atoms with E-state index in [1.54, 1.807) is 12.1 Å². The van der Waals surface area contributed by atoms with Crippen LogP contribution in [0.15, 0.2) is 24.3 Å². The number of aromatic hydroxyl groups is 1. The van der Waals surface area contributed by atoms with Crippen LogP contribution in [0.5, 0.6) is 5.75 Å². The average molecular weight is 308 g/mol. The molecule has 124 valence electrons. The molecular weight excluding hydrogens is 280 g/mol. The first kappa shape index (κ1) is 18.1. The molecule has 1 aromatic rings. The van der Waals surface area contributed by atoms with Gasteiger partial charge in [-0.05, 0) is 56.9 Å². The van der Waals surface area contributed by atoms with Gasteiger partial charge in [0.2, 0.25) is 0 Å². The zero-order valence-electron chi connectivity index (χ0n) is 14.1. The van der Waals surface area contributed by atoms with E-state index in [9.17, 15) is 9.90 Å². The first-order chi connectivity index (χ1) is 10.2. The standard InChI is InChI=1S/C17H28N2O3/c1-12(2)13(11-19-16(21)22-17(3,4)5)10-18-14-6-8-15(20)9-7-14/h6-9,12-13,18,20H,10-11H2,1-5H3,(H,19,21). The molecule has 3 N–H and O–H groups in total. The van der Waals surface area contributed by atoms with Gasteiger partial charge in [-0.1, -0.05) is 13.8 Å². The highest BCUT2D eigenvalue weighted by molar-refractivity contribution is 5.67. The summed E-state index contributed by atoms with van der Waals surface area (Å²) in [5.41, 5.74) is 0.461. The van der Waals surface area contributed by atoms with Crippen molar-refractivity contribution in [2.24, 2.45) is 11.8 Å². The smallest absolute Gasteiger partial charge is 0.407 e. The van der Waals surface area contributed by atoms with Crippen molar-refractivity contribution in [1.29, 1.82) is 0 Å². The molecule has 0 saturated heterocycles. The van der Waals surface area contributed by atoms with Crippen LogP contribution in [0.25, 0.3) is 0 Å². The first-order valence-corrected chi connectivity index (χ1v) is 7.67. The summed E-state index contributed by atoms with van der Waals surface area (Å²) in [6.45, 7) is 11.1. The molecule has 0 radical (unpaired) electrons. The number of anilines is 1. The number of hydrogen-bond acceptors (Lipinski definition) is 4. The van der Waals surface area contributed by atoms with Gasteiger partial charge in [-0.15, -0.1) is 0 Å². The number of benzene rings is 1. The predicted molar refractivity (Wildman–Crippen MR) is 89.2 cm³/mol. The SMILES string of the molecule is CC(C)C(CNC(=O)OC(C)(C)C)CNc1ccc(O)cc1. The van der Waals surface area contributed by atoms with Crippen molar-refractivity contribution in [1.82, 2.24) is 5.32 Å². The van der Waals surface area contributed by atoms with Crippen LogP contribution < -0.4 is 10.6 Å². The van der Waals surface area contributed by atoms with Crippen molar-refractivity contribution in [2.75, 3.05) is 18.4 Å². The van der Waals surface area contributed by atoms with E-state index in [2.05, 4.69) is 24.5 Å². The van der Waals surface area contributed by atoms with Crippen LogP contribution in [0.1, 0.15) is 34.6 Å².